The molecule has 2 amide bonds. The molecule has 0 unspecified atom stereocenters. The van der Waals surface area contributed by atoms with Gasteiger partial charge in [-0.1, -0.05) is 30.3 Å². The zero-order chi connectivity index (χ0) is 18.2. The third kappa shape index (κ3) is 3.22. The highest BCUT2D eigenvalue weighted by Gasteiger charge is 2.31. The monoisotopic (exact) mass is 340 g/mol. The number of hydrogen-bond donors (Lipinski definition) is 1. The fourth-order valence-corrected chi connectivity index (χ4v) is 3.08. The summed E-state index contributed by atoms with van der Waals surface area (Å²) in [6, 6.07) is 11.0. The molecule has 2 aromatic rings. The molecule has 0 bridgehead atoms. The maximum absolute atomic E-state index is 14.9. The van der Waals surface area contributed by atoms with Crippen LogP contribution < -0.4 is 5.32 Å². The van der Waals surface area contributed by atoms with E-state index >= 15 is 0 Å². The Morgan fingerprint density at radius 1 is 1.24 bits per heavy atom. The second-order valence-electron chi connectivity index (χ2n) is 7.22. The maximum atomic E-state index is 14.9. The molecule has 5 nitrogen and oxygen atoms in total. The molecule has 1 N–H and O–H groups in total. The van der Waals surface area contributed by atoms with Gasteiger partial charge in [0.05, 0.1) is 23.4 Å². The molecule has 130 valence electrons. The van der Waals surface area contributed by atoms with Gasteiger partial charge in [0, 0.05) is 18.6 Å². The van der Waals surface area contributed by atoms with Gasteiger partial charge in [-0.15, -0.1) is 0 Å². The zero-order valence-corrected chi connectivity index (χ0v) is 14.6. The fraction of sp³-hybridized carbons (Fsp3) is 0.368. The Bertz CT molecular complexity index is 843. The largest absolute Gasteiger partial charge is 0.333 e. The predicted molar refractivity (Wildman–Crippen MR) is 93.2 cm³/mol. The highest BCUT2D eigenvalue weighted by Crippen LogP contribution is 2.33. The van der Waals surface area contributed by atoms with E-state index in [1.54, 1.807) is 17.0 Å². The lowest BCUT2D eigenvalue weighted by atomic mass is 10.0. The summed E-state index contributed by atoms with van der Waals surface area (Å²) >= 11 is 0. The van der Waals surface area contributed by atoms with Crippen molar-refractivity contribution in [2.45, 2.75) is 39.4 Å². The molecule has 0 saturated carbocycles. The number of benzene rings is 1. The van der Waals surface area contributed by atoms with E-state index in [1.807, 2.05) is 39.0 Å². The van der Waals surface area contributed by atoms with E-state index in [0.29, 0.717) is 35.5 Å². The normalized spacial score (nSPS) is 14.0. The summed E-state index contributed by atoms with van der Waals surface area (Å²) < 4.78 is 16.5. The van der Waals surface area contributed by atoms with Gasteiger partial charge in [-0.05, 0) is 26.3 Å². The van der Waals surface area contributed by atoms with Gasteiger partial charge in [0.15, 0.2) is 0 Å². The standard InChI is InChI=1S/C19H21FN4O/c1-19(2,3)22-18(25)23-9-10-24-15(12-23)14(11-21)16(17(24)20)13-7-5-4-6-8-13/h4-8H,9-10,12H2,1-3H3,(H,22,25). The molecular formula is C19H21FN4O. The van der Waals surface area contributed by atoms with Crippen molar-refractivity contribution in [3.05, 3.63) is 47.5 Å². The number of carbonyl (C=O) groups is 1. The van der Waals surface area contributed by atoms with Crippen LogP contribution in [0.1, 0.15) is 32.0 Å². The van der Waals surface area contributed by atoms with Crippen LogP contribution in [0.15, 0.2) is 30.3 Å². The van der Waals surface area contributed by atoms with Crippen molar-refractivity contribution in [1.29, 1.82) is 5.26 Å². The lowest BCUT2D eigenvalue weighted by molar-refractivity contribution is 0.172. The van der Waals surface area contributed by atoms with Gasteiger partial charge in [-0.25, -0.2) is 4.79 Å². The highest BCUT2D eigenvalue weighted by molar-refractivity contribution is 5.76. The molecule has 0 fully saturated rings. The second kappa shape index (κ2) is 6.25. The number of aromatic nitrogens is 1. The molecule has 0 saturated heterocycles. The molecule has 1 aliphatic rings. The molecular weight excluding hydrogens is 319 g/mol. The van der Waals surface area contributed by atoms with Crippen molar-refractivity contribution < 1.29 is 9.18 Å². The molecule has 0 spiro atoms. The van der Waals surface area contributed by atoms with E-state index in [4.69, 9.17) is 0 Å². The van der Waals surface area contributed by atoms with Crippen LogP contribution in [0, 0.1) is 17.3 Å². The zero-order valence-electron chi connectivity index (χ0n) is 14.6. The van der Waals surface area contributed by atoms with Crippen molar-refractivity contribution >= 4 is 6.03 Å². The second-order valence-corrected chi connectivity index (χ2v) is 7.22. The van der Waals surface area contributed by atoms with Crippen LogP contribution in [-0.4, -0.2) is 27.6 Å². The summed E-state index contributed by atoms with van der Waals surface area (Å²) in [7, 11) is 0. The van der Waals surface area contributed by atoms with E-state index in [0.717, 1.165) is 0 Å². The predicted octanol–water partition coefficient (Wildman–Crippen LogP) is 3.49. The first-order valence-corrected chi connectivity index (χ1v) is 8.25. The minimum Gasteiger partial charge on any atom is -0.333 e. The number of nitrogens with one attached hydrogen (secondary N) is 1. The average molecular weight is 340 g/mol. The Kier molecular flexibility index (Phi) is 4.25. The number of urea groups is 1. The average Bonchev–Trinajstić information content (AvgIpc) is 2.85. The van der Waals surface area contributed by atoms with E-state index < -0.39 is 5.95 Å². The molecule has 1 aliphatic heterocycles. The maximum Gasteiger partial charge on any atom is 0.318 e. The third-order valence-corrected chi connectivity index (χ3v) is 4.19. The summed E-state index contributed by atoms with van der Waals surface area (Å²) in [5.74, 6) is -0.409. The number of fused-ring (bicyclic) bond motifs is 1. The Balaban J connectivity index is 1.98. The first-order chi connectivity index (χ1) is 11.8. The summed E-state index contributed by atoms with van der Waals surface area (Å²) in [5, 5.41) is 12.5. The van der Waals surface area contributed by atoms with Gasteiger partial charge < -0.3 is 14.8 Å². The van der Waals surface area contributed by atoms with E-state index in [1.165, 1.54) is 4.57 Å². The first kappa shape index (κ1) is 17.0. The van der Waals surface area contributed by atoms with Crippen LogP contribution >= 0.6 is 0 Å². The molecule has 0 radical (unpaired) electrons. The quantitative estimate of drug-likeness (QED) is 0.864. The molecule has 2 heterocycles. The van der Waals surface area contributed by atoms with Gasteiger partial charge in [0.25, 0.3) is 0 Å². The van der Waals surface area contributed by atoms with E-state index in [9.17, 15) is 14.4 Å². The Morgan fingerprint density at radius 2 is 1.92 bits per heavy atom. The van der Waals surface area contributed by atoms with Crippen LogP contribution in [0.2, 0.25) is 0 Å². The van der Waals surface area contributed by atoms with Crippen LogP contribution in [0.4, 0.5) is 9.18 Å². The lowest BCUT2D eigenvalue weighted by Gasteiger charge is -2.32. The first-order valence-electron chi connectivity index (χ1n) is 8.25. The minimum absolute atomic E-state index is 0.203. The molecule has 3 rings (SSSR count). The summed E-state index contributed by atoms with van der Waals surface area (Å²) in [6.45, 7) is 6.68. The molecule has 1 aromatic carbocycles. The van der Waals surface area contributed by atoms with Crippen LogP contribution in [0.5, 0.6) is 0 Å². The van der Waals surface area contributed by atoms with Crippen molar-refractivity contribution in [3.8, 4) is 17.2 Å². The number of rotatable bonds is 1. The molecule has 0 atom stereocenters. The SMILES string of the molecule is CC(C)(C)NC(=O)N1CCn2c(F)c(-c3ccccc3)c(C#N)c2C1. The Morgan fingerprint density at radius 3 is 2.52 bits per heavy atom. The van der Waals surface area contributed by atoms with Crippen molar-refractivity contribution in [3.63, 3.8) is 0 Å². The van der Waals surface area contributed by atoms with Crippen LogP contribution in [0.25, 0.3) is 11.1 Å². The fourth-order valence-electron chi connectivity index (χ4n) is 3.08. The summed E-state index contributed by atoms with van der Waals surface area (Å²) in [6.07, 6.45) is 0. The van der Waals surface area contributed by atoms with E-state index in [2.05, 4.69) is 11.4 Å². The minimum atomic E-state index is -0.409. The smallest absolute Gasteiger partial charge is 0.318 e. The lowest BCUT2D eigenvalue weighted by Crippen LogP contribution is -2.50. The molecule has 6 heteroatoms. The van der Waals surface area contributed by atoms with Gasteiger partial charge in [0.2, 0.25) is 5.95 Å². The topological polar surface area (TPSA) is 61.1 Å². The highest BCUT2D eigenvalue weighted by atomic mass is 19.1. The molecule has 0 aliphatic carbocycles. The van der Waals surface area contributed by atoms with E-state index in [-0.39, 0.29) is 18.1 Å². The van der Waals surface area contributed by atoms with Gasteiger partial charge in [-0.3, -0.25) is 0 Å². The number of carbonyl (C=O) groups excluding carboxylic acids is 1. The number of amides is 2. The number of nitrogens with zero attached hydrogens (tertiary/aromatic N) is 3. The Labute approximate surface area is 146 Å². The number of hydrogen-bond acceptors (Lipinski definition) is 2. The van der Waals surface area contributed by atoms with Gasteiger partial charge >= 0.3 is 6.03 Å². The number of halogens is 1. The van der Waals surface area contributed by atoms with Crippen LogP contribution in [-0.2, 0) is 13.1 Å². The van der Waals surface area contributed by atoms with Crippen molar-refractivity contribution in [2.75, 3.05) is 6.54 Å². The summed E-state index contributed by atoms with van der Waals surface area (Å²) in [4.78, 5) is 14.0. The van der Waals surface area contributed by atoms with Crippen molar-refractivity contribution in [1.82, 2.24) is 14.8 Å². The summed E-state index contributed by atoms with van der Waals surface area (Å²) in [5.41, 5.74) is 1.49. The molecule has 1 aromatic heterocycles. The molecule has 25 heavy (non-hydrogen) atoms. The van der Waals surface area contributed by atoms with Crippen LogP contribution in [0.3, 0.4) is 0 Å². The Hall–Kier alpha value is -2.81. The van der Waals surface area contributed by atoms with Crippen molar-refractivity contribution in [2.24, 2.45) is 0 Å². The third-order valence-electron chi connectivity index (χ3n) is 4.19. The number of nitriles is 1. The van der Waals surface area contributed by atoms with Gasteiger partial charge in [0.1, 0.15) is 6.07 Å². The van der Waals surface area contributed by atoms with Gasteiger partial charge in [-0.2, -0.15) is 9.65 Å².